The number of rotatable bonds is 6. The standard InChI is InChI=1S/C12H24N2O.ClH/c1-12(7-3-4-8-12)10-14-11(15)6-5-9-13-2;/h13H,3-10H2,1-2H3,(H,14,15);1H. The van der Waals surface area contributed by atoms with Gasteiger partial charge in [0.2, 0.25) is 5.91 Å². The first-order chi connectivity index (χ1) is 7.16. The van der Waals surface area contributed by atoms with Crippen LogP contribution in [0.4, 0.5) is 0 Å². The molecule has 4 heteroatoms. The number of hydrogen-bond donors (Lipinski definition) is 2. The predicted molar refractivity (Wildman–Crippen MR) is 70.0 cm³/mol. The predicted octanol–water partition coefficient (Wildman–Crippen LogP) is 2.10. The van der Waals surface area contributed by atoms with Crippen LogP contribution in [0.2, 0.25) is 0 Å². The average molecular weight is 249 g/mol. The molecular weight excluding hydrogens is 224 g/mol. The lowest BCUT2D eigenvalue weighted by molar-refractivity contribution is -0.121. The molecule has 0 aromatic rings. The van der Waals surface area contributed by atoms with Crippen molar-refractivity contribution < 1.29 is 4.79 Å². The molecule has 1 aliphatic carbocycles. The Labute approximate surface area is 105 Å². The van der Waals surface area contributed by atoms with Gasteiger partial charge in [-0.1, -0.05) is 19.8 Å². The van der Waals surface area contributed by atoms with Crippen LogP contribution < -0.4 is 10.6 Å². The van der Waals surface area contributed by atoms with Crippen molar-refractivity contribution in [3.8, 4) is 0 Å². The summed E-state index contributed by atoms with van der Waals surface area (Å²) in [7, 11) is 1.91. The lowest BCUT2D eigenvalue weighted by Crippen LogP contribution is -2.34. The van der Waals surface area contributed by atoms with Crippen LogP contribution in [0.3, 0.4) is 0 Å². The van der Waals surface area contributed by atoms with Crippen molar-refractivity contribution >= 4 is 18.3 Å². The van der Waals surface area contributed by atoms with E-state index in [-0.39, 0.29) is 18.3 Å². The molecule has 3 nitrogen and oxygen atoms in total. The van der Waals surface area contributed by atoms with E-state index in [0.29, 0.717) is 11.8 Å². The van der Waals surface area contributed by atoms with Crippen molar-refractivity contribution in [3.63, 3.8) is 0 Å². The minimum absolute atomic E-state index is 0. The Bertz CT molecular complexity index is 203. The van der Waals surface area contributed by atoms with Crippen LogP contribution in [-0.4, -0.2) is 26.0 Å². The zero-order chi connectivity index (χ0) is 11.1. The molecule has 96 valence electrons. The first-order valence-corrected chi connectivity index (χ1v) is 6.08. The number of nitrogens with one attached hydrogen (secondary N) is 2. The summed E-state index contributed by atoms with van der Waals surface area (Å²) in [4.78, 5) is 11.5. The van der Waals surface area contributed by atoms with Crippen LogP contribution >= 0.6 is 12.4 Å². The first-order valence-electron chi connectivity index (χ1n) is 6.08. The molecule has 16 heavy (non-hydrogen) atoms. The van der Waals surface area contributed by atoms with Crippen molar-refractivity contribution in [3.05, 3.63) is 0 Å². The van der Waals surface area contributed by atoms with Crippen LogP contribution in [0.15, 0.2) is 0 Å². The third-order valence-corrected chi connectivity index (χ3v) is 3.35. The molecule has 0 aromatic carbocycles. The summed E-state index contributed by atoms with van der Waals surface area (Å²) in [6, 6.07) is 0. The van der Waals surface area contributed by atoms with Crippen LogP contribution in [-0.2, 0) is 4.79 Å². The molecule has 1 aliphatic rings. The fourth-order valence-electron chi connectivity index (χ4n) is 2.23. The summed E-state index contributed by atoms with van der Waals surface area (Å²) in [6.07, 6.45) is 6.77. The molecule has 0 aliphatic heterocycles. The van der Waals surface area contributed by atoms with Gasteiger partial charge in [0.05, 0.1) is 0 Å². The van der Waals surface area contributed by atoms with Gasteiger partial charge < -0.3 is 10.6 Å². The molecule has 1 saturated carbocycles. The summed E-state index contributed by atoms with van der Waals surface area (Å²) in [5.41, 5.74) is 0.374. The highest BCUT2D eigenvalue weighted by Gasteiger charge is 2.28. The topological polar surface area (TPSA) is 41.1 Å². The molecule has 1 fully saturated rings. The fourth-order valence-corrected chi connectivity index (χ4v) is 2.23. The van der Waals surface area contributed by atoms with E-state index in [2.05, 4.69) is 17.6 Å². The minimum atomic E-state index is 0. The zero-order valence-corrected chi connectivity index (χ0v) is 11.3. The Morgan fingerprint density at radius 2 is 1.94 bits per heavy atom. The Balaban J connectivity index is 0.00000225. The minimum Gasteiger partial charge on any atom is -0.356 e. The Kier molecular flexibility index (Phi) is 7.77. The summed E-state index contributed by atoms with van der Waals surface area (Å²) in [6.45, 7) is 4.07. The molecule has 0 saturated heterocycles. The maximum atomic E-state index is 11.5. The van der Waals surface area contributed by atoms with Crippen LogP contribution in [0, 0.1) is 5.41 Å². The zero-order valence-electron chi connectivity index (χ0n) is 10.5. The molecule has 0 atom stereocenters. The maximum Gasteiger partial charge on any atom is 0.220 e. The molecular formula is C12H25ClN2O. The monoisotopic (exact) mass is 248 g/mol. The quantitative estimate of drug-likeness (QED) is 0.707. The number of amides is 1. The molecule has 2 N–H and O–H groups in total. The highest BCUT2D eigenvalue weighted by atomic mass is 35.5. The summed E-state index contributed by atoms with van der Waals surface area (Å²) < 4.78 is 0. The molecule has 0 heterocycles. The Hall–Kier alpha value is -0.280. The number of halogens is 1. The number of carbonyl (C=O) groups excluding carboxylic acids is 1. The van der Waals surface area contributed by atoms with E-state index in [1.54, 1.807) is 0 Å². The van der Waals surface area contributed by atoms with Gasteiger partial charge in [-0.15, -0.1) is 12.4 Å². The van der Waals surface area contributed by atoms with E-state index < -0.39 is 0 Å². The van der Waals surface area contributed by atoms with Crippen molar-refractivity contribution in [2.45, 2.75) is 45.4 Å². The summed E-state index contributed by atoms with van der Waals surface area (Å²) in [5, 5.41) is 6.11. The molecule has 0 spiro atoms. The van der Waals surface area contributed by atoms with E-state index in [1.807, 2.05) is 7.05 Å². The van der Waals surface area contributed by atoms with Gasteiger partial charge >= 0.3 is 0 Å². The first kappa shape index (κ1) is 15.7. The maximum absolute atomic E-state index is 11.5. The van der Waals surface area contributed by atoms with Gasteiger partial charge in [0.25, 0.3) is 0 Å². The van der Waals surface area contributed by atoms with E-state index >= 15 is 0 Å². The summed E-state index contributed by atoms with van der Waals surface area (Å²) >= 11 is 0. The second kappa shape index (κ2) is 7.91. The summed E-state index contributed by atoms with van der Waals surface area (Å²) in [5.74, 6) is 0.207. The third-order valence-electron chi connectivity index (χ3n) is 3.35. The van der Waals surface area contributed by atoms with Crippen molar-refractivity contribution in [2.24, 2.45) is 5.41 Å². The number of carbonyl (C=O) groups is 1. The molecule has 0 bridgehead atoms. The van der Waals surface area contributed by atoms with E-state index in [1.165, 1.54) is 25.7 Å². The smallest absolute Gasteiger partial charge is 0.220 e. The van der Waals surface area contributed by atoms with E-state index in [9.17, 15) is 4.79 Å². The Morgan fingerprint density at radius 3 is 2.50 bits per heavy atom. The largest absolute Gasteiger partial charge is 0.356 e. The molecule has 1 rings (SSSR count). The average Bonchev–Trinajstić information content (AvgIpc) is 2.64. The van der Waals surface area contributed by atoms with Crippen LogP contribution in [0.5, 0.6) is 0 Å². The molecule has 0 aromatic heterocycles. The molecule has 0 unspecified atom stereocenters. The van der Waals surface area contributed by atoms with Crippen molar-refractivity contribution in [2.75, 3.05) is 20.1 Å². The van der Waals surface area contributed by atoms with E-state index in [4.69, 9.17) is 0 Å². The van der Waals surface area contributed by atoms with Crippen LogP contribution in [0.1, 0.15) is 45.4 Å². The Morgan fingerprint density at radius 1 is 1.31 bits per heavy atom. The van der Waals surface area contributed by atoms with E-state index in [0.717, 1.165) is 19.5 Å². The van der Waals surface area contributed by atoms with Gasteiger partial charge in [0.15, 0.2) is 0 Å². The van der Waals surface area contributed by atoms with Gasteiger partial charge in [0, 0.05) is 13.0 Å². The van der Waals surface area contributed by atoms with Crippen LogP contribution in [0.25, 0.3) is 0 Å². The van der Waals surface area contributed by atoms with Gasteiger partial charge in [-0.25, -0.2) is 0 Å². The highest BCUT2D eigenvalue weighted by Crippen LogP contribution is 2.36. The molecule has 0 radical (unpaired) electrons. The van der Waals surface area contributed by atoms with Gasteiger partial charge in [-0.05, 0) is 38.3 Å². The number of hydrogen-bond acceptors (Lipinski definition) is 2. The van der Waals surface area contributed by atoms with Crippen molar-refractivity contribution in [1.82, 2.24) is 10.6 Å². The lowest BCUT2D eigenvalue weighted by Gasteiger charge is -2.23. The normalized spacial score (nSPS) is 17.9. The lowest BCUT2D eigenvalue weighted by atomic mass is 9.89. The van der Waals surface area contributed by atoms with Gasteiger partial charge in [-0.3, -0.25) is 4.79 Å². The third kappa shape index (κ3) is 5.71. The van der Waals surface area contributed by atoms with Gasteiger partial charge in [-0.2, -0.15) is 0 Å². The van der Waals surface area contributed by atoms with Gasteiger partial charge in [0.1, 0.15) is 0 Å². The molecule has 1 amide bonds. The van der Waals surface area contributed by atoms with Crippen molar-refractivity contribution in [1.29, 1.82) is 0 Å². The second-order valence-electron chi connectivity index (χ2n) is 5.00. The second-order valence-corrected chi connectivity index (χ2v) is 5.00. The SMILES string of the molecule is CNCCCC(=O)NCC1(C)CCCC1.Cl. The fraction of sp³-hybridized carbons (Fsp3) is 0.917. The highest BCUT2D eigenvalue weighted by molar-refractivity contribution is 5.85.